The molecule has 0 aromatic heterocycles. The molecular weight excluding hydrogens is 621 g/mol. The van der Waals surface area contributed by atoms with Gasteiger partial charge in [-0.2, -0.15) is 0 Å². The molecule has 51 heavy (non-hydrogen) atoms. The Morgan fingerprint density at radius 3 is 1.53 bits per heavy atom. The molecule has 1 heterocycles. The second-order valence-electron chi connectivity index (χ2n) is 17.0. The van der Waals surface area contributed by atoms with Gasteiger partial charge in [0.1, 0.15) is 5.78 Å². The van der Waals surface area contributed by atoms with E-state index in [1.807, 2.05) is 0 Å². The molecule has 0 aromatic rings. The number of ketones is 1. The van der Waals surface area contributed by atoms with Gasteiger partial charge in [-0.3, -0.25) is 4.79 Å². The first-order valence-corrected chi connectivity index (χ1v) is 23.7. The van der Waals surface area contributed by atoms with Crippen molar-refractivity contribution in [1.82, 2.24) is 9.80 Å². The molecule has 0 bridgehead atoms. The summed E-state index contributed by atoms with van der Waals surface area (Å²) in [6.45, 7) is 19.1. The van der Waals surface area contributed by atoms with E-state index in [0.29, 0.717) is 11.8 Å². The van der Waals surface area contributed by atoms with Crippen molar-refractivity contribution in [2.45, 2.75) is 258 Å². The van der Waals surface area contributed by atoms with E-state index in [1.165, 1.54) is 231 Å². The van der Waals surface area contributed by atoms with Crippen molar-refractivity contribution >= 4 is 5.78 Å². The minimum Gasteiger partial charge on any atom is -0.372 e. The van der Waals surface area contributed by atoms with Crippen LogP contribution >= 0.6 is 0 Å². The molecule has 0 N–H and O–H groups in total. The highest BCUT2D eigenvalue weighted by atomic mass is 16.1. The van der Waals surface area contributed by atoms with Crippen LogP contribution in [0.5, 0.6) is 0 Å². The van der Waals surface area contributed by atoms with Crippen molar-refractivity contribution in [2.75, 3.05) is 26.2 Å². The van der Waals surface area contributed by atoms with Gasteiger partial charge in [0, 0.05) is 31.1 Å². The fourth-order valence-corrected chi connectivity index (χ4v) is 8.62. The maximum Gasteiger partial charge on any atom is 0.132 e. The van der Waals surface area contributed by atoms with Crippen LogP contribution < -0.4 is 0 Å². The first kappa shape index (κ1) is 48.2. The van der Waals surface area contributed by atoms with Gasteiger partial charge in [0.05, 0.1) is 0 Å². The van der Waals surface area contributed by atoms with Gasteiger partial charge in [0.25, 0.3) is 0 Å². The van der Waals surface area contributed by atoms with Gasteiger partial charge in [-0.25, -0.2) is 0 Å². The lowest BCUT2D eigenvalue weighted by molar-refractivity contribution is -0.119. The number of carbonyl (C=O) groups is 1. The Hall–Kier alpha value is -0.830. The molecular formula is C48H94N2O. The SMILES string of the molecule is C=C(CCCCCCC)N(CCCN1CCCC1)C(CCCCCCCCC)CCCCCCCCC(=O)CCC(CCCC)CCCCCC. The maximum absolute atomic E-state index is 12.7. The van der Waals surface area contributed by atoms with E-state index < -0.39 is 0 Å². The minimum absolute atomic E-state index is 0.536. The zero-order valence-electron chi connectivity index (χ0n) is 35.7. The highest BCUT2D eigenvalue weighted by Gasteiger charge is 2.20. The number of likely N-dealkylation sites (tertiary alicyclic amines) is 1. The van der Waals surface area contributed by atoms with Gasteiger partial charge < -0.3 is 9.80 Å². The molecule has 1 rings (SSSR count). The minimum atomic E-state index is 0.536. The summed E-state index contributed by atoms with van der Waals surface area (Å²) < 4.78 is 0. The first-order chi connectivity index (χ1) is 25.0. The standard InChI is InChI=1S/C48H94N2O/c1-6-10-14-17-18-22-27-36-47(50(44-32-43-49-41-30-31-42-49)45(5)33-25-21-15-11-7-2)37-28-23-19-20-24-29-38-48(51)40-39-46(34-13-9-4)35-26-16-12-8-3/h46-47H,5-44H2,1-4H3. The van der Waals surface area contributed by atoms with Crippen LogP contribution in [0.1, 0.15) is 252 Å². The Morgan fingerprint density at radius 2 is 0.961 bits per heavy atom. The average Bonchev–Trinajstić information content (AvgIpc) is 3.66. The van der Waals surface area contributed by atoms with Crippen molar-refractivity contribution in [2.24, 2.45) is 5.92 Å². The number of carbonyl (C=O) groups excluding carboxylic acids is 1. The van der Waals surface area contributed by atoms with Crippen molar-refractivity contribution < 1.29 is 4.79 Å². The van der Waals surface area contributed by atoms with Gasteiger partial charge in [0.2, 0.25) is 0 Å². The molecule has 0 aliphatic carbocycles. The maximum atomic E-state index is 12.7. The molecule has 302 valence electrons. The molecule has 0 spiro atoms. The Morgan fingerprint density at radius 1 is 0.510 bits per heavy atom. The van der Waals surface area contributed by atoms with E-state index in [4.69, 9.17) is 6.58 Å². The van der Waals surface area contributed by atoms with Crippen LogP contribution in [-0.4, -0.2) is 47.8 Å². The fraction of sp³-hybridized carbons (Fsp3) is 0.938. The number of allylic oxidation sites excluding steroid dienone is 1. The number of rotatable bonds is 40. The molecule has 2 unspecified atom stereocenters. The van der Waals surface area contributed by atoms with Crippen molar-refractivity contribution in [3.8, 4) is 0 Å². The third-order valence-electron chi connectivity index (χ3n) is 12.1. The molecule has 0 aromatic carbocycles. The van der Waals surface area contributed by atoms with Gasteiger partial charge in [-0.1, -0.05) is 188 Å². The summed E-state index contributed by atoms with van der Waals surface area (Å²) in [7, 11) is 0. The lowest BCUT2D eigenvalue weighted by Crippen LogP contribution is -2.37. The van der Waals surface area contributed by atoms with Crippen LogP contribution in [0.4, 0.5) is 0 Å². The van der Waals surface area contributed by atoms with Crippen LogP contribution in [0.3, 0.4) is 0 Å². The lowest BCUT2D eigenvalue weighted by Gasteiger charge is -2.36. The van der Waals surface area contributed by atoms with Crippen LogP contribution in [-0.2, 0) is 4.79 Å². The Bertz CT molecular complexity index is 758. The Balaban J connectivity index is 2.53. The molecule has 2 atom stereocenters. The number of hydrogen-bond donors (Lipinski definition) is 0. The summed E-state index contributed by atoms with van der Waals surface area (Å²) in [5.74, 6) is 1.32. The molecule has 0 radical (unpaired) electrons. The van der Waals surface area contributed by atoms with Crippen molar-refractivity contribution in [3.05, 3.63) is 12.3 Å². The second kappa shape index (κ2) is 36.2. The van der Waals surface area contributed by atoms with Gasteiger partial charge in [-0.05, 0) is 83.3 Å². The normalized spacial score (nSPS) is 14.7. The van der Waals surface area contributed by atoms with E-state index in [9.17, 15) is 4.79 Å². The van der Waals surface area contributed by atoms with E-state index in [-0.39, 0.29) is 0 Å². The molecule has 3 nitrogen and oxygen atoms in total. The van der Waals surface area contributed by atoms with Crippen LogP contribution in [0, 0.1) is 5.92 Å². The summed E-state index contributed by atoms with van der Waals surface area (Å²) >= 11 is 0. The van der Waals surface area contributed by atoms with E-state index in [0.717, 1.165) is 31.6 Å². The monoisotopic (exact) mass is 715 g/mol. The van der Waals surface area contributed by atoms with Crippen LogP contribution in [0.25, 0.3) is 0 Å². The molecule has 1 fully saturated rings. The third-order valence-corrected chi connectivity index (χ3v) is 12.1. The summed E-state index contributed by atoms with van der Waals surface area (Å²) in [5.41, 5.74) is 1.44. The van der Waals surface area contributed by atoms with E-state index >= 15 is 0 Å². The number of Topliss-reactive ketones (excluding diaryl/α,β-unsaturated/α-hetero) is 1. The van der Waals surface area contributed by atoms with Gasteiger partial charge >= 0.3 is 0 Å². The average molecular weight is 715 g/mol. The second-order valence-corrected chi connectivity index (χ2v) is 17.0. The molecule has 1 saturated heterocycles. The Labute approximate surface area is 322 Å². The van der Waals surface area contributed by atoms with Crippen molar-refractivity contribution in [1.29, 1.82) is 0 Å². The predicted octanol–water partition coefficient (Wildman–Crippen LogP) is 15.4. The zero-order valence-corrected chi connectivity index (χ0v) is 35.7. The largest absolute Gasteiger partial charge is 0.372 e. The molecule has 1 aliphatic heterocycles. The third kappa shape index (κ3) is 28.3. The molecule has 1 aliphatic rings. The van der Waals surface area contributed by atoms with Crippen LogP contribution in [0.2, 0.25) is 0 Å². The highest BCUT2D eigenvalue weighted by Crippen LogP contribution is 2.26. The zero-order chi connectivity index (χ0) is 37.0. The number of unbranched alkanes of at least 4 members (excludes halogenated alkanes) is 19. The summed E-state index contributed by atoms with van der Waals surface area (Å²) in [5, 5.41) is 0. The molecule has 0 saturated carbocycles. The molecule has 0 amide bonds. The fourth-order valence-electron chi connectivity index (χ4n) is 8.62. The lowest BCUT2D eigenvalue weighted by atomic mass is 9.90. The predicted molar refractivity (Wildman–Crippen MR) is 229 cm³/mol. The Kier molecular flexibility index (Phi) is 34.2. The summed E-state index contributed by atoms with van der Waals surface area (Å²) in [6, 6.07) is 0.674. The highest BCUT2D eigenvalue weighted by molar-refractivity contribution is 5.78. The molecule has 3 heteroatoms. The van der Waals surface area contributed by atoms with Crippen LogP contribution in [0.15, 0.2) is 12.3 Å². The number of nitrogens with zero attached hydrogens (tertiary/aromatic N) is 2. The van der Waals surface area contributed by atoms with E-state index in [2.05, 4.69) is 37.5 Å². The summed E-state index contributed by atoms with van der Waals surface area (Å²) in [6.07, 6.45) is 45.7. The summed E-state index contributed by atoms with van der Waals surface area (Å²) in [4.78, 5) is 18.3. The van der Waals surface area contributed by atoms with Gasteiger partial charge in [0.15, 0.2) is 0 Å². The smallest absolute Gasteiger partial charge is 0.132 e. The number of hydrogen-bond acceptors (Lipinski definition) is 3. The van der Waals surface area contributed by atoms with E-state index in [1.54, 1.807) is 0 Å². The quantitative estimate of drug-likeness (QED) is 0.0590. The topological polar surface area (TPSA) is 23.6 Å². The van der Waals surface area contributed by atoms with Crippen molar-refractivity contribution in [3.63, 3.8) is 0 Å². The first-order valence-electron chi connectivity index (χ1n) is 23.7. The van der Waals surface area contributed by atoms with Gasteiger partial charge in [-0.15, -0.1) is 0 Å².